The third-order valence-electron chi connectivity index (χ3n) is 3.72. The van der Waals surface area contributed by atoms with E-state index in [-0.39, 0.29) is 5.69 Å². The normalized spacial score (nSPS) is 22.1. The minimum absolute atomic E-state index is 0.0222. The third kappa shape index (κ3) is 3.69. The van der Waals surface area contributed by atoms with E-state index in [2.05, 4.69) is 12.2 Å². The summed E-state index contributed by atoms with van der Waals surface area (Å²) in [5, 5.41) is 14.4. The van der Waals surface area contributed by atoms with Crippen LogP contribution in [0.4, 0.5) is 5.69 Å². The highest BCUT2D eigenvalue weighted by Gasteiger charge is 2.26. The Labute approximate surface area is 123 Å². The number of nitrogens with zero attached hydrogens (tertiary/aromatic N) is 1. The van der Waals surface area contributed by atoms with Crippen LogP contribution in [-0.2, 0) is 11.3 Å². The standard InChI is InChI=1S/C14H19ClN2O3/c1-2-14-11(5-6-20-14)9-16-8-10-3-4-12(17(18)19)7-13(10)15/h3-4,7,11,14,16H,2,5-6,8-9H2,1H3. The van der Waals surface area contributed by atoms with Crippen LogP contribution >= 0.6 is 11.6 Å². The average molecular weight is 299 g/mol. The second kappa shape index (κ2) is 7.02. The predicted molar refractivity (Wildman–Crippen MR) is 78.0 cm³/mol. The van der Waals surface area contributed by atoms with Crippen molar-refractivity contribution in [2.24, 2.45) is 5.92 Å². The van der Waals surface area contributed by atoms with Crippen LogP contribution in [0.25, 0.3) is 0 Å². The average Bonchev–Trinajstić information content (AvgIpc) is 2.87. The van der Waals surface area contributed by atoms with Crippen molar-refractivity contribution in [3.63, 3.8) is 0 Å². The number of ether oxygens (including phenoxy) is 1. The van der Waals surface area contributed by atoms with Crippen LogP contribution in [-0.4, -0.2) is 24.2 Å². The van der Waals surface area contributed by atoms with Crippen LogP contribution in [0.2, 0.25) is 5.02 Å². The highest BCUT2D eigenvalue weighted by atomic mass is 35.5. The fourth-order valence-electron chi connectivity index (χ4n) is 2.56. The lowest BCUT2D eigenvalue weighted by molar-refractivity contribution is -0.384. The molecule has 0 bridgehead atoms. The summed E-state index contributed by atoms with van der Waals surface area (Å²) < 4.78 is 5.64. The van der Waals surface area contributed by atoms with Gasteiger partial charge in [0.05, 0.1) is 16.0 Å². The summed E-state index contributed by atoms with van der Waals surface area (Å²) in [6, 6.07) is 4.58. The molecule has 0 amide bonds. The predicted octanol–water partition coefficient (Wildman–Crippen LogP) is 3.15. The topological polar surface area (TPSA) is 64.4 Å². The first-order valence-corrected chi connectivity index (χ1v) is 7.24. The Kier molecular flexibility index (Phi) is 5.34. The molecule has 1 saturated heterocycles. The van der Waals surface area contributed by atoms with Crippen LogP contribution in [0, 0.1) is 16.0 Å². The van der Waals surface area contributed by atoms with E-state index in [0.29, 0.717) is 23.6 Å². The summed E-state index contributed by atoms with van der Waals surface area (Å²) in [6.07, 6.45) is 2.46. The number of halogens is 1. The number of rotatable bonds is 6. The van der Waals surface area contributed by atoms with Crippen molar-refractivity contribution in [1.29, 1.82) is 0 Å². The van der Waals surface area contributed by atoms with E-state index in [1.54, 1.807) is 6.07 Å². The van der Waals surface area contributed by atoms with Crippen LogP contribution < -0.4 is 5.32 Å². The maximum Gasteiger partial charge on any atom is 0.270 e. The van der Waals surface area contributed by atoms with Gasteiger partial charge in [0.1, 0.15) is 0 Å². The van der Waals surface area contributed by atoms with Crippen molar-refractivity contribution in [2.75, 3.05) is 13.2 Å². The fourth-order valence-corrected chi connectivity index (χ4v) is 2.80. The molecule has 1 heterocycles. The van der Waals surface area contributed by atoms with Gasteiger partial charge in [-0.15, -0.1) is 0 Å². The second-order valence-corrected chi connectivity index (χ2v) is 5.44. The molecular formula is C14H19ClN2O3. The van der Waals surface area contributed by atoms with Crippen LogP contribution in [0.1, 0.15) is 25.3 Å². The van der Waals surface area contributed by atoms with E-state index in [4.69, 9.17) is 16.3 Å². The van der Waals surface area contributed by atoms with Crippen LogP contribution in [0.5, 0.6) is 0 Å². The lowest BCUT2D eigenvalue weighted by atomic mass is 9.99. The van der Waals surface area contributed by atoms with E-state index >= 15 is 0 Å². The molecule has 1 aliphatic rings. The maximum absolute atomic E-state index is 10.6. The summed E-state index contributed by atoms with van der Waals surface area (Å²) >= 11 is 6.06. The van der Waals surface area contributed by atoms with Crippen LogP contribution in [0.3, 0.4) is 0 Å². The van der Waals surface area contributed by atoms with Gasteiger partial charge in [-0.25, -0.2) is 0 Å². The van der Waals surface area contributed by atoms with Gasteiger partial charge in [0.25, 0.3) is 5.69 Å². The van der Waals surface area contributed by atoms with E-state index < -0.39 is 4.92 Å². The van der Waals surface area contributed by atoms with Gasteiger partial charge in [0.15, 0.2) is 0 Å². The molecule has 2 rings (SSSR count). The van der Waals surface area contributed by atoms with Gasteiger partial charge >= 0.3 is 0 Å². The van der Waals surface area contributed by atoms with Gasteiger partial charge in [-0.3, -0.25) is 10.1 Å². The third-order valence-corrected chi connectivity index (χ3v) is 4.07. The number of benzene rings is 1. The minimum Gasteiger partial charge on any atom is -0.378 e. The Morgan fingerprint density at radius 3 is 3.00 bits per heavy atom. The zero-order valence-corrected chi connectivity index (χ0v) is 12.2. The molecule has 0 aromatic heterocycles. The SMILES string of the molecule is CCC1OCCC1CNCc1ccc([N+](=O)[O-])cc1Cl. The smallest absolute Gasteiger partial charge is 0.270 e. The molecule has 1 aromatic rings. The Balaban J connectivity index is 1.86. The van der Waals surface area contributed by atoms with Gasteiger partial charge < -0.3 is 10.1 Å². The zero-order chi connectivity index (χ0) is 14.5. The summed E-state index contributed by atoms with van der Waals surface area (Å²) in [5.74, 6) is 0.539. The highest BCUT2D eigenvalue weighted by molar-refractivity contribution is 6.31. The molecule has 1 N–H and O–H groups in total. The summed E-state index contributed by atoms with van der Waals surface area (Å²) in [4.78, 5) is 10.2. The molecule has 110 valence electrons. The first-order valence-electron chi connectivity index (χ1n) is 6.87. The van der Waals surface area contributed by atoms with Gasteiger partial charge in [-0.1, -0.05) is 18.5 Å². The van der Waals surface area contributed by atoms with Gasteiger partial charge in [-0.2, -0.15) is 0 Å². The molecule has 0 saturated carbocycles. The molecule has 2 atom stereocenters. The molecule has 1 aromatic carbocycles. The van der Waals surface area contributed by atoms with Gasteiger partial charge in [0.2, 0.25) is 0 Å². The van der Waals surface area contributed by atoms with Gasteiger partial charge in [-0.05, 0) is 30.4 Å². The molecule has 1 fully saturated rings. The van der Waals surface area contributed by atoms with Crippen LogP contribution in [0.15, 0.2) is 18.2 Å². The molecule has 1 aliphatic heterocycles. The number of non-ortho nitro benzene ring substituents is 1. The fraction of sp³-hybridized carbons (Fsp3) is 0.571. The second-order valence-electron chi connectivity index (χ2n) is 5.03. The molecule has 0 radical (unpaired) electrons. The van der Waals surface area contributed by atoms with Crippen molar-refractivity contribution >= 4 is 17.3 Å². The lowest BCUT2D eigenvalue weighted by Crippen LogP contribution is -2.28. The first kappa shape index (κ1) is 15.2. The lowest BCUT2D eigenvalue weighted by Gasteiger charge is -2.17. The Bertz CT molecular complexity index is 481. The Morgan fingerprint density at radius 1 is 1.55 bits per heavy atom. The highest BCUT2D eigenvalue weighted by Crippen LogP contribution is 2.24. The van der Waals surface area contributed by atoms with Gasteiger partial charge in [0, 0.05) is 31.8 Å². The molecule has 5 nitrogen and oxygen atoms in total. The van der Waals surface area contributed by atoms with Crippen molar-refractivity contribution in [2.45, 2.75) is 32.4 Å². The Hall–Kier alpha value is -1.17. The molecule has 2 unspecified atom stereocenters. The molecule has 20 heavy (non-hydrogen) atoms. The summed E-state index contributed by atoms with van der Waals surface area (Å²) in [7, 11) is 0. The summed E-state index contributed by atoms with van der Waals surface area (Å²) in [5.41, 5.74) is 0.901. The van der Waals surface area contributed by atoms with E-state index in [1.807, 2.05) is 0 Å². The summed E-state index contributed by atoms with van der Waals surface area (Å²) in [6.45, 7) is 4.47. The molecule has 6 heteroatoms. The van der Waals surface area contributed by atoms with Crippen molar-refractivity contribution in [1.82, 2.24) is 5.32 Å². The first-order chi connectivity index (χ1) is 9.61. The number of nitro benzene ring substituents is 1. The van der Waals surface area contributed by atoms with Crippen molar-refractivity contribution < 1.29 is 9.66 Å². The molecule has 0 spiro atoms. The quantitative estimate of drug-likeness (QED) is 0.647. The zero-order valence-electron chi connectivity index (χ0n) is 11.5. The largest absolute Gasteiger partial charge is 0.378 e. The van der Waals surface area contributed by atoms with E-state index in [0.717, 1.165) is 31.6 Å². The minimum atomic E-state index is -0.440. The number of nitro groups is 1. The number of nitrogens with one attached hydrogen (secondary N) is 1. The monoisotopic (exact) mass is 298 g/mol. The van der Waals surface area contributed by atoms with Crippen molar-refractivity contribution in [3.8, 4) is 0 Å². The number of hydrogen-bond acceptors (Lipinski definition) is 4. The Morgan fingerprint density at radius 2 is 2.35 bits per heavy atom. The van der Waals surface area contributed by atoms with Crippen molar-refractivity contribution in [3.05, 3.63) is 38.9 Å². The van der Waals surface area contributed by atoms with E-state index in [1.165, 1.54) is 12.1 Å². The molecular weight excluding hydrogens is 280 g/mol. The molecule has 0 aliphatic carbocycles. The van der Waals surface area contributed by atoms with E-state index in [9.17, 15) is 10.1 Å². The maximum atomic E-state index is 10.6. The number of hydrogen-bond donors (Lipinski definition) is 1.